The van der Waals surface area contributed by atoms with Crippen LogP contribution in [0.4, 0.5) is 5.82 Å². The van der Waals surface area contributed by atoms with E-state index in [-0.39, 0.29) is 11.7 Å². The molecule has 1 fully saturated rings. The van der Waals surface area contributed by atoms with Gasteiger partial charge in [-0.2, -0.15) is 9.50 Å². The third kappa shape index (κ3) is 2.23. The number of fused-ring (bicyclic) bond motifs is 1. The van der Waals surface area contributed by atoms with Crippen LogP contribution in [0.2, 0.25) is 0 Å². The zero-order valence-corrected chi connectivity index (χ0v) is 10.8. The number of anilines is 1. The number of aromatic carboxylic acids is 1. The molecular weight excluding hydrogens is 246 g/mol. The highest BCUT2D eigenvalue weighted by molar-refractivity contribution is 5.86. The van der Waals surface area contributed by atoms with Crippen molar-refractivity contribution in [1.82, 2.24) is 19.6 Å². The number of carboxylic acid groups (broad SMARTS) is 1. The summed E-state index contributed by atoms with van der Waals surface area (Å²) in [6.45, 7) is 3.96. The molecule has 0 aromatic carbocycles. The lowest BCUT2D eigenvalue weighted by molar-refractivity contribution is 0.0690. The van der Waals surface area contributed by atoms with Crippen molar-refractivity contribution in [2.45, 2.75) is 38.6 Å². The van der Waals surface area contributed by atoms with E-state index in [4.69, 9.17) is 5.11 Å². The van der Waals surface area contributed by atoms with Gasteiger partial charge in [0.2, 0.25) is 0 Å². The molecule has 1 aliphatic carbocycles. The summed E-state index contributed by atoms with van der Waals surface area (Å²) < 4.78 is 1.58. The first-order valence-electron chi connectivity index (χ1n) is 6.32. The average molecular weight is 261 g/mol. The molecule has 0 unspecified atom stereocenters. The summed E-state index contributed by atoms with van der Waals surface area (Å²) in [5.74, 6) is 1.04. The van der Waals surface area contributed by atoms with E-state index in [1.165, 1.54) is 6.07 Å². The van der Waals surface area contributed by atoms with Gasteiger partial charge >= 0.3 is 5.97 Å². The zero-order valence-electron chi connectivity index (χ0n) is 10.8. The van der Waals surface area contributed by atoms with Gasteiger partial charge in [-0.3, -0.25) is 0 Å². The predicted molar refractivity (Wildman–Crippen MR) is 68.5 cm³/mol. The van der Waals surface area contributed by atoms with Crippen LogP contribution < -0.4 is 5.32 Å². The molecular formula is C12H15N5O2. The van der Waals surface area contributed by atoms with Crippen LogP contribution in [0.15, 0.2) is 6.07 Å². The Kier molecular flexibility index (Phi) is 2.62. The second-order valence-electron chi connectivity index (χ2n) is 5.09. The van der Waals surface area contributed by atoms with E-state index in [0.717, 1.165) is 18.7 Å². The van der Waals surface area contributed by atoms with Crippen LogP contribution in [0.3, 0.4) is 0 Å². The highest BCUT2D eigenvalue weighted by Gasteiger charge is 2.29. The molecule has 100 valence electrons. The van der Waals surface area contributed by atoms with Gasteiger partial charge in [-0.05, 0) is 26.7 Å². The molecule has 0 amide bonds. The Hall–Kier alpha value is -2.18. The van der Waals surface area contributed by atoms with Crippen LogP contribution in [0.5, 0.6) is 0 Å². The topological polar surface area (TPSA) is 92.4 Å². The zero-order chi connectivity index (χ0) is 13.6. The molecule has 3 rings (SSSR count). The molecule has 1 aliphatic rings. The Balaban J connectivity index is 2.14. The summed E-state index contributed by atoms with van der Waals surface area (Å²) in [7, 11) is 0. The lowest BCUT2D eigenvalue weighted by Gasteiger charge is -2.11. The first-order valence-corrected chi connectivity index (χ1v) is 6.32. The maximum absolute atomic E-state index is 11.1. The second-order valence-corrected chi connectivity index (χ2v) is 5.09. The van der Waals surface area contributed by atoms with Crippen molar-refractivity contribution in [2.75, 3.05) is 5.32 Å². The first-order chi connectivity index (χ1) is 9.04. The number of carboxylic acids is 1. The molecule has 0 aliphatic heterocycles. The van der Waals surface area contributed by atoms with Crippen molar-refractivity contribution in [1.29, 1.82) is 0 Å². The molecule has 19 heavy (non-hydrogen) atoms. The van der Waals surface area contributed by atoms with Crippen LogP contribution in [-0.4, -0.2) is 36.7 Å². The smallest absolute Gasteiger partial charge is 0.354 e. The molecule has 7 heteroatoms. The number of rotatable bonds is 4. The van der Waals surface area contributed by atoms with Gasteiger partial charge in [0.05, 0.1) is 0 Å². The molecule has 2 aromatic heterocycles. The molecule has 0 atom stereocenters. The Bertz CT molecular complexity index is 645. The van der Waals surface area contributed by atoms with Crippen LogP contribution in [-0.2, 0) is 0 Å². The third-order valence-corrected chi connectivity index (χ3v) is 2.93. The molecule has 1 saturated carbocycles. The van der Waals surface area contributed by atoms with E-state index in [2.05, 4.69) is 20.4 Å². The Morgan fingerprint density at radius 1 is 1.47 bits per heavy atom. The summed E-state index contributed by atoms with van der Waals surface area (Å²) in [6.07, 6.45) is 2.19. The van der Waals surface area contributed by atoms with Gasteiger partial charge in [-0.15, -0.1) is 5.10 Å². The molecule has 0 bridgehead atoms. The number of hydrogen-bond acceptors (Lipinski definition) is 5. The van der Waals surface area contributed by atoms with E-state index < -0.39 is 5.97 Å². The summed E-state index contributed by atoms with van der Waals surface area (Å²) in [4.78, 5) is 19.4. The van der Waals surface area contributed by atoms with Crippen LogP contribution >= 0.6 is 0 Å². The van der Waals surface area contributed by atoms with Crippen molar-refractivity contribution in [3.05, 3.63) is 17.6 Å². The van der Waals surface area contributed by atoms with Gasteiger partial charge in [0.15, 0.2) is 11.5 Å². The largest absolute Gasteiger partial charge is 0.477 e. The van der Waals surface area contributed by atoms with Crippen molar-refractivity contribution in [3.8, 4) is 0 Å². The summed E-state index contributed by atoms with van der Waals surface area (Å²) >= 11 is 0. The maximum Gasteiger partial charge on any atom is 0.354 e. The second kappa shape index (κ2) is 4.18. The predicted octanol–water partition coefficient (Wildman–Crippen LogP) is 1.52. The quantitative estimate of drug-likeness (QED) is 0.866. The van der Waals surface area contributed by atoms with Crippen LogP contribution in [0.1, 0.15) is 48.9 Å². The number of nitrogens with zero attached hydrogens (tertiary/aromatic N) is 4. The van der Waals surface area contributed by atoms with Crippen LogP contribution in [0, 0.1) is 0 Å². The molecule has 0 spiro atoms. The molecule has 2 aromatic rings. The van der Waals surface area contributed by atoms with Gasteiger partial charge in [0.1, 0.15) is 5.82 Å². The molecule has 0 saturated heterocycles. The van der Waals surface area contributed by atoms with E-state index in [1.807, 2.05) is 13.8 Å². The highest BCUT2D eigenvalue weighted by atomic mass is 16.4. The van der Waals surface area contributed by atoms with E-state index >= 15 is 0 Å². The molecule has 2 N–H and O–H groups in total. The van der Waals surface area contributed by atoms with Gasteiger partial charge in [-0.1, -0.05) is 0 Å². The summed E-state index contributed by atoms with van der Waals surface area (Å²) in [6, 6.07) is 1.65. The fourth-order valence-electron chi connectivity index (χ4n) is 1.91. The maximum atomic E-state index is 11.1. The third-order valence-electron chi connectivity index (χ3n) is 2.93. The Morgan fingerprint density at radius 3 is 2.79 bits per heavy atom. The summed E-state index contributed by atoms with van der Waals surface area (Å²) in [5, 5.41) is 16.7. The van der Waals surface area contributed by atoms with Gasteiger partial charge < -0.3 is 10.4 Å². The monoisotopic (exact) mass is 261 g/mol. The highest BCUT2D eigenvalue weighted by Crippen LogP contribution is 2.38. The van der Waals surface area contributed by atoms with E-state index in [0.29, 0.717) is 17.5 Å². The standard InChI is InChI=1S/C12H15N5O2/c1-6(2)13-9-5-8(11(18)19)14-12-15-10(7-3-4-7)16-17(9)12/h5-7,13H,3-4H2,1-2H3,(H,18,19). The van der Waals surface area contributed by atoms with Gasteiger partial charge in [0.25, 0.3) is 5.78 Å². The normalized spacial score (nSPS) is 15.1. The first kappa shape index (κ1) is 11.9. The minimum Gasteiger partial charge on any atom is -0.477 e. The van der Waals surface area contributed by atoms with E-state index in [9.17, 15) is 4.79 Å². The van der Waals surface area contributed by atoms with Crippen molar-refractivity contribution in [2.24, 2.45) is 0 Å². The van der Waals surface area contributed by atoms with Gasteiger partial charge in [-0.25, -0.2) is 9.78 Å². The van der Waals surface area contributed by atoms with Crippen LogP contribution in [0.25, 0.3) is 5.78 Å². The van der Waals surface area contributed by atoms with E-state index in [1.54, 1.807) is 4.52 Å². The van der Waals surface area contributed by atoms with Crippen molar-refractivity contribution < 1.29 is 9.90 Å². The number of nitrogens with one attached hydrogen (secondary N) is 1. The van der Waals surface area contributed by atoms with Crippen molar-refractivity contribution in [3.63, 3.8) is 0 Å². The summed E-state index contributed by atoms with van der Waals surface area (Å²) in [5.41, 5.74) is -0.0228. The number of aromatic nitrogens is 4. The molecule has 2 heterocycles. The minimum atomic E-state index is -1.06. The number of carbonyl (C=O) groups is 1. The van der Waals surface area contributed by atoms with Crippen molar-refractivity contribution >= 4 is 17.6 Å². The minimum absolute atomic E-state index is 0.0228. The lowest BCUT2D eigenvalue weighted by Crippen LogP contribution is -2.15. The molecule has 0 radical (unpaired) electrons. The Labute approximate surface area is 109 Å². The lowest BCUT2D eigenvalue weighted by atomic mass is 10.3. The molecule has 7 nitrogen and oxygen atoms in total. The fourth-order valence-corrected chi connectivity index (χ4v) is 1.91. The SMILES string of the molecule is CC(C)Nc1cc(C(=O)O)nc2nc(C3CC3)nn12. The number of hydrogen-bond donors (Lipinski definition) is 2. The average Bonchev–Trinajstić information content (AvgIpc) is 3.08. The Morgan fingerprint density at radius 2 is 2.21 bits per heavy atom. The fraction of sp³-hybridized carbons (Fsp3) is 0.500. The van der Waals surface area contributed by atoms with Gasteiger partial charge in [0, 0.05) is 18.0 Å².